The highest BCUT2D eigenvalue weighted by molar-refractivity contribution is 8.00. The van der Waals surface area contributed by atoms with Crippen molar-refractivity contribution in [3.63, 3.8) is 0 Å². The number of rotatable bonds is 6. The minimum Gasteiger partial charge on any atom is -0.393 e. The van der Waals surface area contributed by atoms with E-state index in [-0.39, 0.29) is 5.91 Å². The average molecular weight is 282 g/mol. The van der Waals surface area contributed by atoms with Crippen molar-refractivity contribution in [3.05, 3.63) is 29.3 Å². The molecule has 0 aliphatic heterocycles. The molecule has 0 aliphatic carbocycles. The van der Waals surface area contributed by atoms with E-state index in [0.717, 1.165) is 22.6 Å². The first-order chi connectivity index (χ1) is 8.49. The van der Waals surface area contributed by atoms with Crippen molar-refractivity contribution in [2.45, 2.75) is 20.3 Å². The lowest BCUT2D eigenvalue weighted by Gasteiger charge is -2.09. The van der Waals surface area contributed by atoms with Gasteiger partial charge in [0.25, 0.3) is 0 Å². The third kappa shape index (κ3) is 5.51. The van der Waals surface area contributed by atoms with Gasteiger partial charge in [-0.25, -0.2) is 0 Å². The third-order valence-corrected chi connectivity index (χ3v) is 3.56. The molecule has 0 unspecified atom stereocenters. The highest BCUT2D eigenvalue weighted by atomic mass is 32.2. The molecule has 1 amide bonds. The van der Waals surface area contributed by atoms with Gasteiger partial charge < -0.3 is 11.1 Å². The molecule has 18 heavy (non-hydrogen) atoms. The standard InChI is InChI=1S/C13H18N2OS2/c1-9-3-4-10(2)11(7-9)15-13(16)8-18-6-5-12(14)17/h3-4,7H,5-6,8H2,1-2H3,(H2,14,17)(H,15,16). The van der Waals surface area contributed by atoms with Crippen LogP contribution >= 0.6 is 24.0 Å². The Balaban J connectivity index is 2.40. The van der Waals surface area contributed by atoms with Crippen LogP contribution < -0.4 is 11.1 Å². The molecule has 98 valence electrons. The monoisotopic (exact) mass is 282 g/mol. The highest BCUT2D eigenvalue weighted by Gasteiger charge is 2.05. The minimum atomic E-state index is 0.0108. The maximum absolute atomic E-state index is 11.7. The van der Waals surface area contributed by atoms with Gasteiger partial charge in [-0.15, -0.1) is 0 Å². The van der Waals surface area contributed by atoms with Gasteiger partial charge >= 0.3 is 0 Å². The number of amides is 1. The van der Waals surface area contributed by atoms with Crippen LogP contribution in [-0.4, -0.2) is 22.4 Å². The van der Waals surface area contributed by atoms with Crippen LogP contribution in [0.3, 0.4) is 0 Å². The molecular weight excluding hydrogens is 264 g/mol. The molecule has 0 aromatic heterocycles. The Morgan fingerprint density at radius 2 is 2.17 bits per heavy atom. The second kappa shape index (κ2) is 7.38. The number of hydrogen-bond acceptors (Lipinski definition) is 3. The summed E-state index contributed by atoms with van der Waals surface area (Å²) in [4.78, 5) is 12.2. The number of anilines is 1. The second-order valence-corrected chi connectivity index (χ2v) is 5.76. The van der Waals surface area contributed by atoms with Crippen molar-refractivity contribution in [2.24, 2.45) is 5.73 Å². The molecule has 0 spiro atoms. The summed E-state index contributed by atoms with van der Waals surface area (Å²) in [6.45, 7) is 3.99. The molecule has 3 N–H and O–H groups in total. The SMILES string of the molecule is Cc1ccc(C)c(NC(=O)CSCCC(N)=S)c1. The van der Waals surface area contributed by atoms with Gasteiger partial charge in [-0.2, -0.15) is 11.8 Å². The van der Waals surface area contributed by atoms with Gasteiger partial charge in [0.05, 0.1) is 10.7 Å². The molecule has 1 rings (SSSR count). The molecule has 0 heterocycles. The molecule has 0 bridgehead atoms. The highest BCUT2D eigenvalue weighted by Crippen LogP contribution is 2.16. The van der Waals surface area contributed by atoms with E-state index >= 15 is 0 Å². The summed E-state index contributed by atoms with van der Waals surface area (Å²) >= 11 is 6.31. The molecule has 0 saturated carbocycles. The van der Waals surface area contributed by atoms with Crippen molar-refractivity contribution in [1.29, 1.82) is 0 Å². The fourth-order valence-electron chi connectivity index (χ4n) is 1.39. The van der Waals surface area contributed by atoms with Crippen molar-refractivity contribution in [2.75, 3.05) is 16.8 Å². The molecule has 5 heteroatoms. The maximum atomic E-state index is 11.7. The number of thioether (sulfide) groups is 1. The average Bonchev–Trinajstić information content (AvgIpc) is 2.29. The number of nitrogens with two attached hydrogens (primary N) is 1. The van der Waals surface area contributed by atoms with Crippen molar-refractivity contribution in [1.82, 2.24) is 0 Å². The zero-order valence-corrected chi connectivity index (χ0v) is 12.3. The van der Waals surface area contributed by atoms with Crippen LogP contribution in [0, 0.1) is 13.8 Å². The van der Waals surface area contributed by atoms with Crippen molar-refractivity contribution < 1.29 is 4.79 Å². The first kappa shape index (κ1) is 15.0. The van der Waals surface area contributed by atoms with Crippen LogP contribution in [-0.2, 0) is 4.79 Å². The molecule has 0 atom stereocenters. The first-order valence-corrected chi connectivity index (χ1v) is 7.28. The number of carbonyl (C=O) groups excluding carboxylic acids is 1. The summed E-state index contributed by atoms with van der Waals surface area (Å²) in [6.07, 6.45) is 0.677. The Hall–Kier alpha value is -1.07. The summed E-state index contributed by atoms with van der Waals surface area (Å²) in [6, 6.07) is 6.01. The fourth-order valence-corrected chi connectivity index (χ4v) is 2.39. The van der Waals surface area contributed by atoms with Gasteiger partial charge in [-0.1, -0.05) is 24.4 Å². The van der Waals surface area contributed by atoms with Crippen LogP contribution in [0.25, 0.3) is 0 Å². The van der Waals surface area contributed by atoms with E-state index in [1.165, 1.54) is 11.8 Å². The van der Waals surface area contributed by atoms with Crippen LogP contribution in [0.1, 0.15) is 17.5 Å². The normalized spacial score (nSPS) is 10.1. The number of carbonyl (C=O) groups is 1. The van der Waals surface area contributed by atoms with E-state index in [1.54, 1.807) is 0 Å². The molecule has 0 fully saturated rings. The Kier molecular flexibility index (Phi) is 6.15. The lowest BCUT2D eigenvalue weighted by atomic mass is 10.1. The number of thiocarbonyl (C=S) groups is 1. The number of nitrogens with one attached hydrogen (secondary N) is 1. The Bertz CT molecular complexity index is 447. The van der Waals surface area contributed by atoms with Gasteiger partial charge in [0.15, 0.2) is 0 Å². The molecule has 0 aliphatic rings. The van der Waals surface area contributed by atoms with Crippen LogP contribution in [0.5, 0.6) is 0 Å². The van der Waals surface area contributed by atoms with E-state index < -0.39 is 0 Å². The zero-order chi connectivity index (χ0) is 13.5. The lowest BCUT2D eigenvalue weighted by Crippen LogP contribution is -2.16. The molecule has 1 aromatic carbocycles. The molecule has 3 nitrogen and oxygen atoms in total. The number of hydrogen-bond donors (Lipinski definition) is 2. The van der Waals surface area contributed by atoms with Crippen LogP contribution in [0.4, 0.5) is 5.69 Å². The van der Waals surface area contributed by atoms with Crippen LogP contribution in [0.2, 0.25) is 0 Å². The molecule has 0 radical (unpaired) electrons. The molecular formula is C13H18N2OS2. The smallest absolute Gasteiger partial charge is 0.234 e. The molecule has 1 aromatic rings. The third-order valence-electron chi connectivity index (χ3n) is 2.39. The van der Waals surface area contributed by atoms with E-state index in [4.69, 9.17) is 18.0 Å². The summed E-state index contributed by atoms with van der Waals surface area (Å²) < 4.78 is 0. The van der Waals surface area contributed by atoms with Gasteiger partial charge in [0, 0.05) is 17.9 Å². The van der Waals surface area contributed by atoms with Gasteiger partial charge in [-0.3, -0.25) is 4.79 Å². The molecule has 0 saturated heterocycles. The summed E-state index contributed by atoms with van der Waals surface area (Å²) in [7, 11) is 0. The van der Waals surface area contributed by atoms with E-state index in [0.29, 0.717) is 17.2 Å². The Labute approximate surface area is 118 Å². The quantitative estimate of drug-likeness (QED) is 0.622. The minimum absolute atomic E-state index is 0.0108. The van der Waals surface area contributed by atoms with Gasteiger partial charge in [-0.05, 0) is 31.0 Å². The van der Waals surface area contributed by atoms with Gasteiger partial charge in [0.1, 0.15) is 0 Å². The number of benzene rings is 1. The second-order valence-electron chi connectivity index (χ2n) is 4.14. The maximum Gasteiger partial charge on any atom is 0.234 e. The van der Waals surface area contributed by atoms with Crippen molar-refractivity contribution in [3.8, 4) is 0 Å². The summed E-state index contributed by atoms with van der Waals surface area (Å²) in [5, 5.41) is 2.92. The van der Waals surface area contributed by atoms with E-state index in [2.05, 4.69) is 5.32 Å². The Morgan fingerprint density at radius 1 is 1.44 bits per heavy atom. The van der Waals surface area contributed by atoms with Crippen LogP contribution in [0.15, 0.2) is 18.2 Å². The van der Waals surface area contributed by atoms with E-state index in [9.17, 15) is 4.79 Å². The fraction of sp³-hybridized carbons (Fsp3) is 0.385. The first-order valence-electron chi connectivity index (χ1n) is 5.72. The predicted octanol–water partition coefficient (Wildman–Crippen LogP) is 2.65. The van der Waals surface area contributed by atoms with Gasteiger partial charge in [0.2, 0.25) is 5.91 Å². The Morgan fingerprint density at radius 3 is 2.83 bits per heavy atom. The van der Waals surface area contributed by atoms with E-state index in [1.807, 2.05) is 32.0 Å². The predicted molar refractivity (Wildman–Crippen MR) is 83.3 cm³/mol. The topological polar surface area (TPSA) is 55.1 Å². The number of aryl methyl sites for hydroxylation is 2. The lowest BCUT2D eigenvalue weighted by molar-refractivity contribution is -0.113. The van der Waals surface area contributed by atoms with Crippen molar-refractivity contribution >= 4 is 40.6 Å². The summed E-state index contributed by atoms with van der Waals surface area (Å²) in [5.74, 6) is 1.22. The summed E-state index contributed by atoms with van der Waals surface area (Å²) in [5.41, 5.74) is 8.48. The zero-order valence-electron chi connectivity index (χ0n) is 10.7. The largest absolute Gasteiger partial charge is 0.393 e.